The highest BCUT2D eigenvalue weighted by Gasteiger charge is 2.35. The van der Waals surface area contributed by atoms with E-state index in [0.29, 0.717) is 0 Å². The van der Waals surface area contributed by atoms with Gasteiger partial charge in [-0.05, 0) is 24.6 Å². The Morgan fingerprint density at radius 2 is 1.80 bits per heavy atom. The Balaban J connectivity index is 2.19. The van der Waals surface area contributed by atoms with Gasteiger partial charge in [-0.2, -0.15) is 26.3 Å². The summed E-state index contributed by atoms with van der Waals surface area (Å²) in [7, 11) is 0. The van der Waals surface area contributed by atoms with Crippen LogP contribution in [0, 0.1) is 0 Å². The molecule has 1 aromatic carbocycles. The lowest BCUT2D eigenvalue weighted by Gasteiger charge is -2.14. The highest BCUT2D eigenvalue weighted by molar-refractivity contribution is 6.16. The predicted molar refractivity (Wildman–Crippen MR) is 77.3 cm³/mol. The zero-order valence-corrected chi connectivity index (χ0v) is 13.3. The molecule has 0 radical (unpaired) electrons. The second-order valence-corrected chi connectivity index (χ2v) is 5.35. The second kappa shape index (κ2) is 7.55. The van der Waals surface area contributed by atoms with Crippen LogP contribution in [0.3, 0.4) is 0 Å². The van der Waals surface area contributed by atoms with Crippen LogP contribution in [0.25, 0.3) is 11.3 Å². The molecular formula is C15H12ClF6NO2. The number of hydrogen-bond donors (Lipinski definition) is 0. The Hall–Kier alpha value is -1.90. The van der Waals surface area contributed by atoms with Crippen molar-refractivity contribution in [2.24, 2.45) is 0 Å². The summed E-state index contributed by atoms with van der Waals surface area (Å²) in [5.41, 5.74) is -1.32. The van der Waals surface area contributed by atoms with Crippen LogP contribution in [0.15, 0.2) is 28.8 Å². The number of halogens is 7. The van der Waals surface area contributed by atoms with Crippen molar-refractivity contribution in [1.82, 2.24) is 5.16 Å². The Morgan fingerprint density at radius 3 is 2.36 bits per heavy atom. The first-order chi connectivity index (χ1) is 11.6. The van der Waals surface area contributed by atoms with E-state index in [4.69, 9.17) is 20.9 Å². The molecule has 3 nitrogen and oxygen atoms in total. The van der Waals surface area contributed by atoms with Crippen molar-refractivity contribution in [3.63, 3.8) is 0 Å². The number of aromatic nitrogens is 1. The van der Waals surface area contributed by atoms with Gasteiger partial charge < -0.3 is 9.26 Å². The van der Waals surface area contributed by atoms with E-state index in [9.17, 15) is 26.3 Å². The fraction of sp³-hybridized carbons (Fsp3) is 0.400. The van der Waals surface area contributed by atoms with Crippen LogP contribution in [0.5, 0.6) is 5.75 Å². The van der Waals surface area contributed by atoms with E-state index in [0.717, 1.165) is 12.1 Å². The van der Waals surface area contributed by atoms with Gasteiger partial charge in [0.15, 0.2) is 5.76 Å². The molecule has 0 saturated heterocycles. The van der Waals surface area contributed by atoms with Crippen LogP contribution < -0.4 is 4.74 Å². The molecule has 0 saturated carbocycles. The molecule has 2 rings (SSSR count). The fourth-order valence-corrected chi connectivity index (χ4v) is 2.16. The first-order valence-electron chi connectivity index (χ1n) is 7.03. The molecule has 138 valence electrons. The quantitative estimate of drug-likeness (QED) is 0.356. The third-order valence-corrected chi connectivity index (χ3v) is 3.40. The molecule has 0 aliphatic rings. The summed E-state index contributed by atoms with van der Waals surface area (Å²) in [6.07, 6.45) is -10.5. The zero-order chi connectivity index (χ0) is 18.7. The third-order valence-electron chi connectivity index (χ3n) is 3.14. The van der Waals surface area contributed by atoms with E-state index in [2.05, 4.69) is 5.16 Å². The van der Waals surface area contributed by atoms with E-state index in [1.54, 1.807) is 0 Å². The molecule has 0 spiro atoms. The standard InChI is InChI=1S/C15H12ClF6NO2/c16-8-10-7-13(23-25-10)11-3-2-9(6-12(11)15(20,21)22)24-5-1-4-14(17,18)19/h2-3,6-7H,1,4-5,8H2. The average Bonchev–Trinajstić information content (AvgIpc) is 2.98. The van der Waals surface area contributed by atoms with Crippen molar-refractivity contribution in [2.45, 2.75) is 31.1 Å². The molecule has 0 amide bonds. The van der Waals surface area contributed by atoms with Gasteiger partial charge in [-0.15, -0.1) is 11.6 Å². The van der Waals surface area contributed by atoms with Gasteiger partial charge in [0, 0.05) is 18.1 Å². The van der Waals surface area contributed by atoms with Gasteiger partial charge >= 0.3 is 12.4 Å². The second-order valence-electron chi connectivity index (χ2n) is 5.08. The van der Waals surface area contributed by atoms with Gasteiger partial charge in [0.05, 0.1) is 18.1 Å². The van der Waals surface area contributed by atoms with Crippen LogP contribution in [-0.2, 0) is 12.1 Å². The Kier molecular flexibility index (Phi) is 5.87. The molecule has 0 atom stereocenters. The lowest BCUT2D eigenvalue weighted by atomic mass is 10.0. The first-order valence-corrected chi connectivity index (χ1v) is 7.56. The van der Waals surface area contributed by atoms with E-state index in [1.807, 2.05) is 0 Å². The summed E-state index contributed by atoms with van der Waals surface area (Å²) in [6.45, 7) is -0.351. The number of rotatable bonds is 6. The lowest BCUT2D eigenvalue weighted by molar-refractivity contribution is -0.137. The molecular weight excluding hydrogens is 376 g/mol. The lowest BCUT2D eigenvalue weighted by Crippen LogP contribution is -2.11. The molecule has 10 heteroatoms. The molecule has 0 unspecified atom stereocenters. The summed E-state index contributed by atoms with van der Waals surface area (Å²) < 4.78 is 85.7. The predicted octanol–water partition coefficient (Wildman–Crippen LogP) is 5.82. The highest BCUT2D eigenvalue weighted by atomic mass is 35.5. The minimum atomic E-state index is -4.71. The van der Waals surface area contributed by atoms with Crippen molar-refractivity contribution in [2.75, 3.05) is 6.61 Å². The number of ether oxygens (including phenoxy) is 1. The van der Waals surface area contributed by atoms with Gasteiger partial charge in [-0.1, -0.05) is 5.16 Å². The molecule has 0 bridgehead atoms. The highest BCUT2D eigenvalue weighted by Crippen LogP contribution is 2.39. The van der Waals surface area contributed by atoms with Crippen LogP contribution >= 0.6 is 11.6 Å². The minimum absolute atomic E-state index is 0.0469. The Bertz CT molecular complexity index is 711. The number of nitrogens with zero attached hydrogens (tertiary/aromatic N) is 1. The molecule has 1 heterocycles. The SMILES string of the molecule is FC(F)(F)CCCOc1ccc(-c2cc(CCl)on2)c(C(F)(F)F)c1. The van der Waals surface area contributed by atoms with Crippen LogP contribution in [0.4, 0.5) is 26.3 Å². The van der Waals surface area contributed by atoms with Crippen molar-refractivity contribution in [3.8, 4) is 17.0 Å². The third kappa shape index (κ3) is 5.55. The molecule has 0 aliphatic heterocycles. The summed E-state index contributed by atoms with van der Waals surface area (Å²) in [5.74, 6) is -0.0223. The van der Waals surface area contributed by atoms with Gasteiger partial charge in [0.25, 0.3) is 0 Å². The van der Waals surface area contributed by atoms with Gasteiger partial charge in [0.1, 0.15) is 11.4 Å². The molecule has 25 heavy (non-hydrogen) atoms. The molecule has 0 N–H and O–H groups in total. The summed E-state index contributed by atoms with van der Waals surface area (Å²) in [4.78, 5) is 0. The topological polar surface area (TPSA) is 35.3 Å². The van der Waals surface area contributed by atoms with Gasteiger partial charge in [0.2, 0.25) is 0 Å². The fourth-order valence-electron chi connectivity index (χ4n) is 2.04. The van der Waals surface area contributed by atoms with Crippen molar-refractivity contribution < 1.29 is 35.6 Å². The van der Waals surface area contributed by atoms with Crippen molar-refractivity contribution >= 4 is 11.6 Å². The molecule has 2 aromatic rings. The maximum Gasteiger partial charge on any atom is 0.417 e. The first kappa shape index (κ1) is 19.4. The Morgan fingerprint density at radius 1 is 1.08 bits per heavy atom. The van der Waals surface area contributed by atoms with Crippen molar-refractivity contribution in [1.29, 1.82) is 0 Å². The number of benzene rings is 1. The zero-order valence-electron chi connectivity index (χ0n) is 12.5. The summed E-state index contributed by atoms with van der Waals surface area (Å²) in [6, 6.07) is 4.35. The van der Waals surface area contributed by atoms with E-state index in [-0.39, 0.29) is 41.7 Å². The number of hydrogen-bond acceptors (Lipinski definition) is 3. The van der Waals surface area contributed by atoms with Gasteiger partial charge in [-0.3, -0.25) is 0 Å². The molecule has 0 fully saturated rings. The number of alkyl halides is 7. The maximum atomic E-state index is 13.3. The largest absolute Gasteiger partial charge is 0.494 e. The normalized spacial score (nSPS) is 12.4. The van der Waals surface area contributed by atoms with Crippen LogP contribution in [-0.4, -0.2) is 17.9 Å². The average molecular weight is 388 g/mol. The van der Waals surface area contributed by atoms with Crippen LogP contribution in [0.2, 0.25) is 0 Å². The van der Waals surface area contributed by atoms with E-state index < -0.39 is 24.3 Å². The summed E-state index contributed by atoms with van der Waals surface area (Å²) >= 11 is 5.53. The summed E-state index contributed by atoms with van der Waals surface area (Å²) in [5, 5.41) is 3.54. The van der Waals surface area contributed by atoms with E-state index >= 15 is 0 Å². The van der Waals surface area contributed by atoms with Gasteiger partial charge in [-0.25, -0.2) is 0 Å². The smallest absolute Gasteiger partial charge is 0.417 e. The van der Waals surface area contributed by atoms with Crippen LogP contribution in [0.1, 0.15) is 24.2 Å². The molecule has 1 aromatic heterocycles. The van der Waals surface area contributed by atoms with E-state index in [1.165, 1.54) is 12.1 Å². The molecule has 0 aliphatic carbocycles. The van der Waals surface area contributed by atoms with Crippen molar-refractivity contribution in [3.05, 3.63) is 35.6 Å². The Labute approximate surface area is 143 Å². The minimum Gasteiger partial charge on any atom is -0.494 e. The monoisotopic (exact) mass is 387 g/mol. The maximum absolute atomic E-state index is 13.3.